The van der Waals surface area contributed by atoms with Gasteiger partial charge in [-0.3, -0.25) is 13.9 Å². The second-order valence-electron chi connectivity index (χ2n) is 9.47. The number of carbonyl (C=O) groups is 2. The first-order valence-electron chi connectivity index (χ1n) is 12.7. The van der Waals surface area contributed by atoms with Crippen molar-refractivity contribution in [3.63, 3.8) is 0 Å². The van der Waals surface area contributed by atoms with E-state index in [0.717, 1.165) is 42.7 Å². The Morgan fingerprint density at radius 2 is 1.79 bits per heavy atom. The Kier molecular flexibility index (Phi) is 10.7. The van der Waals surface area contributed by atoms with Crippen molar-refractivity contribution >= 4 is 50.7 Å². The molecule has 0 aliphatic heterocycles. The van der Waals surface area contributed by atoms with Gasteiger partial charge in [-0.05, 0) is 49.1 Å². The molecule has 1 atom stereocenters. The molecule has 1 aliphatic carbocycles. The van der Waals surface area contributed by atoms with Crippen LogP contribution in [-0.4, -0.2) is 57.1 Å². The normalized spacial score (nSPS) is 15.0. The van der Waals surface area contributed by atoms with Crippen molar-refractivity contribution in [1.29, 1.82) is 0 Å². The van der Waals surface area contributed by atoms with Gasteiger partial charge < -0.3 is 15.0 Å². The number of hydrogen-bond donors (Lipinski definition) is 1. The number of sulfonamides is 1. The highest BCUT2D eigenvalue weighted by molar-refractivity contribution is 7.92. The molecule has 1 N–H and O–H groups in total. The van der Waals surface area contributed by atoms with Crippen LogP contribution in [0.3, 0.4) is 0 Å². The number of benzene rings is 2. The quantitative estimate of drug-likeness (QED) is 0.400. The fourth-order valence-corrected chi connectivity index (χ4v) is 5.93. The molecule has 1 fully saturated rings. The van der Waals surface area contributed by atoms with E-state index in [4.69, 9.17) is 27.9 Å². The maximum Gasteiger partial charge on any atom is 0.244 e. The minimum Gasteiger partial charge on any atom is -0.495 e. The summed E-state index contributed by atoms with van der Waals surface area (Å²) in [7, 11) is -2.53. The molecule has 2 amide bonds. The van der Waals surface area contributed by atoms with E-state index in [1.54, 1.807) is 30.3 Å². The standard InChI is InChI=1S/C27H35Cl2N3O5S/c1-4-23(27(34)30-21-11-6-5-7-12-21)31(17-19-10-8-9-13-22(19)29)26(33)18-32(38(3,35)36)24-16-20(28)14-15-25(24)37-2/h8-10,13-16,21,23H,4-7,11-12,17-18H2,1-3H3,(H,30,34). The zero-order valence-corrected chi connectivity index (χ0v) is 24.3. The molecule has 11 heteroatoms. The second-order valence-corrected chi connectivity index (χ2v) is 12.2. The van der Waals surface area contributed by atoms with E-state index in [0.29, 0.717) is 17.0 Å². The van der Waals surface area contributed by atoms with Gasteiger partial charge in [0.15, 0.2) is 0 Å². The van der Waals surface area contributed by atoms with Crippen molar-refractivity contribution in [2.45, 2.75) is 64.1 Å². The summed E-state index contributed by atoms with van der Waals surface area (Å²) in [6.07, 6.45) is 6.40. The molecular formula is C27H35Cl2N3O5S. The molecule has 38 heavy (non-hydrogen) atoms. The molecule has 0 aromatic heterocycles. The third-order valence-corrected chi connectivity index (χ3v) is 8.46. The van der Waals surface area contributed by atoms with Gasteiger partial charge >= 0.3 is 0 Å². The summed E-state index contributed by atoms with van der Waals surface area (Å²) in [5, 5.41) is 3.85. The molecule has 1 unspecified atom stereocenters. The van der Waals surface area contributed by atoms with Crippen molar-refractivity contribution in [3.8, 4) is 5.75 Å². The van der Waals surface area contributed by atoms with Gasteiger partial charge in [0.25, 0.3) is 0 Å². The van der Waals surface area contributed by atoms with Crippen LogP contribution in [0.1, 0.15) is 51.0 Å². The zero-order chi connectivity index (χ0) is 27.9. The average Bonchev–Trinajstić information content (AvgIpc) is 2.88. The molecule has 0 bridgehead atoms. The number of amides is 2. The lowest BCUT2D eigenvalue weighted by atomic mass is 9.95. The number of hydrogen-bond acceptors (Lipinski definition) is 5. The van der Waals surface area contributed by atoms with Crippen LogP contribution in [0.25, 0.3) is 0 Å². The maximum absolute atomic E-state index is 13.9. The van der Waals surface area contributed by atoms with Crippen LogP contribution in [0.2, 0.25) is 10.0 Å². The van der Waals surface area contributed by atoms with Crippen molar-refractivity contribution < 1.29 is 22.7 Å². The minimum atomic E-state index is -3.93. The highest BCUT2D eigenvalue weighted by atomic mass is 35.5. The number of rotatable bonds is 11. The summed E-state index contributed by atoms with van der Waals surface area (Å²) >= 11 is 12.6. The third kappa shape index (κ3) is 7.77. The fourth-order valence-electron chi connectivity index (χ4n) is 4.73. The second kappa shape index (κ2) is 13.5. The summed E-state index contributed by atoms with van der Waals surface area (Å²) in [6, 6.07) is 10.8. The average molecular weight is 585 g/mol. The number of ether oxygens (including phenoxy) is 1. The first kappa shape index (κ1) is 30.1. The van der Waals surface area contributed by atoms with E-state index >= 15 is 0 Å². The van der Waals surface area contributed by atoms with Crippen molar-refractivity contribution in [1.82, 2.24) is 10.2 Å². The van der Waals surface area contributed by atoms with Crippen molar-refractivity contribution in [2.24, 2.45) is 0 Å². The van der Waals surface area contributed by atoms with E-state index < -0.39 is 28.5 Å². The van der Waals surface area contributed by atoms with Crippen LogP contribution in [-0.2, 0) is 26.2 Å². The molecule has 2 aromatic rings. The smallest absolute Gasteiger partial charge is 0.244 e. The van der Waals surface area contributed by atoms with Crippen LogP contribution in [0, 0.1) is 0 Å². The summed E-state index contributed by atoms with van der Waals surface area (Å²) < 4.78 is 32.0. The van der Waals surface area contributed by atoms with Crippen LogP contribution in [0.5, 0.6) is 5.75 Å². The van der Waals surface area contributed by atoms with Crippen LogP contribution >= 0.6 is 23.2 Å². The van der Waals surface area contributed by atoms with E-state index in [1.165, 1.54) is 24.1 Å². The lowest BCUT2D eigenvalue weighted by Gasteiger charge is -2.34. The predicted octanol–water partition coefficient (Wildman–Crippen LogP) is 5.02. The summed E-state index contributed by atoms with van der Waals surface area (Å²) in [5.41, 5.74) is 0.783. The fraction of sp³-hybridized carbons (Fsp3) is 0.481. The molecule has 8 nitrogen and oxygen atoms in total. The Hall–Kier alpha value is -2.49. The Labute approximate surface area is 235 Å². The molecule has 1 aliphatic rings. The van der Waals surface area contributed by atoms with E-state index in [2.05, 4.69) is 5.32 Å². The van der Waals surface area contributed by atoms with Crippen LogP contribution in [0.15, 0.2) is 42.5 Å². The molecule has 3 rings (SSSR count). The lowest BCUT2D eigenvalue weighted by molar-refractivity contribution is -0.140. The van der Waals surface area contributed by atoms with Gasteiger partial charge in [0.1, 0.15) is 18.3 Å². The Balaban J connectivity index is 1.97. The molecule has 0 saturated heterocycles. The summed E-state index contributed by atoms with van der Waals surface area (Å²) in [6.45, 7) is 1.32. The van der Waals surface area contributed by atoms with Gasteiger partial charge in [0, 0.05) is 22.6 Å². The Morgan fingerprint density at radius 1 is 1.11 bits per heavy atom. The number of halogens is 2. The SMILES string of the molecule is CCC(C(=O)NC1CCCCC1)N(Cc1ccccc1Cl)C(=O)CN(c1cc(Cl)ccc1OC)S(C)(=O)=O. The van der Waals surface area contributed by atoms with Crippen molar-refractivity contribution in [2.75, 3.05) is 24.2 Å². The molecule has 2 aromatic carbocycles. The van der Waals surface area contributed by atoms with E-state index in [9.17, 15) is 18.0 Å². The highest BCUT2D eigenvalue weighted by Gasteiger charge is 2.33. The van der Waals surface area contributed by atoms with Gasteiger partial charge in [-0.2, -0.15) is 0 Å². The molecule has 1 saturated carbocycles. The van der Waals surface area contributed by atoms with Gasteiger partial charge in [-0.15, -0.1) is 0 Å². The van der Waals surface area contributed by atoms with Gasteiger partial charge in [-0.25, -0.2) is 8.42 Å². The Morgan fingerprint density at radius 3 is 2.39 bits per heavy atom. The predicted molar refractivity (Wildman–Crippen MR) is 151 cm³/mol. The van der Waals surface area contributed by atoms with Crippen LogP contribution < -0.4 is 14.4 Å². The van der Waals surface area contributed by atoms with Crippen molar-refractivity contribution in [3.05, 3.63) is 58.1 Å². The van der Waals surface area contributed by atoms with Gasteiger partial charge in [-0.1, -0.05) is 67.6 Å². The first-order chi connectivity index (χ1) is 18.0. The Bertz CT molecular complexity index is 1230. The first-order valence-corrected chi connectivity index (χ1v) is 15.3. The molecule has 0 radical (unpaired) electrons. The lowest BCUT2D eigenvalue weighted by Crippen LogP contribution is -2.54. The largest absolute Gasteiger partial charge is 0.495 e. The molecular weight excluding hydrogens is 549 g/mol. The topological polar surface area (TPSA) is 96.0 Å². The maximum atomic E-state index is 13.9. The number of carbonyl (C=O) groups excluding carboxylic acids is 2. The zero-order valence-electron chi connectivity index (χ0n) is 22.0. The number of methoxy groups -OCH3 is 1. The summed E-state index contributed by atoms with van der Waals surface area (Å²) in [4.78, 5) is 28.8. The molecule has 208 valence electrons. The van der Waals surface area contributed by atoms with E-state index in [1.807, 2.05) is 6.92 Å². The third-order valence-electron chi connectivity index (χ3n) is 6.72. The summed E-state index contributed by atoms with van der Waals surface area (Å²) in [5.74, 6) is -0.568. The molecule has 0 heterocycles. The molecule has 0 spiro atoms. The van der Waals surface area contributed by atoms with Crippen LogP contribution in [0.4, 0.5) is 5.69 Å². The van der Waals surface area contributed by atoms with Gasteiger partial charge in [0.05, 0.1) is 19.1 Å². The number of nitrogens with one attached hydrogen (secondary N) is 1. The van der Waals surface area contributed by atoms with E-state index in [-0.39, 0.29) is 35.0 Å². The van der Waals surface area contributed by atoms with Gasteiger partial charge in [0.2, 0.25) is 21.8 Å². The monoisotopic (exact) mass is 583 g/mol. The highest BCUT2D eigenvalue weighted by Crippen LogP contribution is 2.33. The minimum absolute atomic E-state index is 0.0411. The number of nitrogens with zero attached hydrogens (tertiary/aromatic N) is 2. The number of anilines is 1.